The van der Waals surface area contributed by atoms with Crippen molar-refractivity contribution in [2.75, 3.05) is 0 Å². The van der Waals surface area contributed by atoms with Gasteiger partial charge in [0.2, 0.25) is 5.89 Å². The minimum atomic E-state index is -1.01. The van der Waals surface area contributed by atoms with Crippen LogP contribution in [0.2, 0.25) is 0 Å². The number of hydrogen-bond donors (Lipinski definition) is 2. The Labute approximate surface area is 133 Å². The van der Waals surface area contributed by atoms with Gasteiger partial charge in [0.05, 0.1) is 10.0 Å². The first-order valence-corrected chi connectivity index (χ1v) is 7.13. The molecule has 0 saturated carbocycles. The van der Waals surface area contributed by atoms with E-state index in [1.165, 1.54) is 12.1 Å². The first-order chi connectivity index (χ1) is 10.5. The maximum Gasteiger partial charge on any atom is 0.335 e. The van der Waals surface area contributed by atoms with Crippen LogP contribution in [0, 0.1) is 0 Å². The summed E-state index contributed by atoms with van der Waals surface area (Å²) in [6, 6.07) is 9.63. The van der Waals surface area contributed by atoms with Gasteiger partial charge in [-0.2, -0.15) is 0 Å². The van der Waals surface area contributed by atoms with Crippen molar-refractivity contribution < 1.29 is 19.4 Å². The third-order valence-electron chi connectivity index (χ3n) is 3.04. The maximum absolute atomic E-state index is 10.9. The first kappa shape index (κ1) is 14.3. The number of carboxylic acid groups (broad SMARTS) is 1. The van der Waals surface area contributed by atoms with Crippen LogP contribution in [-0.2, 0) is 0 Å². The highest BCUT2D eigenvalue weighted by atomic mass is 79.9. The highest BCUT2D eigenvalue weighted by Crippen LogP contribution is 2.25. The summed E-state index contributed by atoms with van der Waals surface area (Å²) in [6.07, 6.45) is 3.46. The second-order valence-electron chi connectivity index (χ2n) is 4.58. The van der Waals surface area contributed by atoms with Crippen LogP contribution in [0.1, 0.15) is 21.8 Å². The average molecular weight is 360 g/mol. The van der Waals surface area contributed by atoms with Gasteiger partial charge < -0.3 is 14.6 Å². The molecule has 0 aliphatic rings. The van der Waals surface area contributed by atoms with E-state index in [2.05, 4.69) is 20.9 Å². The van der Waals surface area contributed by atoms with E-state index in [9.17, 15) is 9.90 Å². The number of oxazole rings is 1. The normalized spacial score (nSPS) is 11.3. The summed E-state index contributed by atoms with van der Waals surface area (Å²) in [7, 11) is 0. The van der Waals surface area contributed by atoms with Gasteiger partial charge in [-0.1, -0.05) is 6.07 Å². The number of rotatable bonds is 3. The summed E-state index contributed by atoms with van der Waals surface area (Å²) in [4.78, 5) is 15.2. The van der Waals surface area contributed by atoms with Crippen molar-refractivity contribution in [2.24, 2.45) is 0 Å². The molecule has 5 nitrogen and oxygen atoms in total. The molecule has 2 aromatic carbocycles. The summed E-state index contributed by atoms with van der Waals surface area (Å²) in [5.74, 6) is -0.466. The largest absolute Gasteiger partial charge is 0.507 e. The Morgan fingerprint density at radius 3 is 2.73 bits per heavy atom. The predicted octanol–water partition coefficient (Wildman–Crippen LogP) is 4.16. The van der Waals surface area contributed by atoms with Gasteiger partial charge in [-0.05, 0) is 57.9 Å². The Morgan fingerprint density at radius 1 is 1.18 bits per heavy atom. The number of aromatic nitrogens is 1. The number of halogens is 1. The Balaban J connectivity index is 1.91. The molecule has 110 valence electrons. The van der Waals surface area contributed by atoms with E-state index in [0.29, 0.717) is 21.5 Å². The Kier molecular flexibility index (Phi) is 3.68. The molecule has 0 bridgehead atoms. The fraction of sp³-hybridized carbons (Fsp3) is 0. The molecule has 6 heteroatoms. The van der Waals surface area contributed by atoms with Gasteiger partial charge in [-0.3, -0.25) is 0 Å². The van der Waals surface area contributed by atoms with Gasteiger partial charge in [-0.15, -0.1) is 0 Å². The fourth-order valence-corrected chi connectivity index (χ4v) is 2.34. The number of phenolic OH excluding ortho intramolecular Hbond substituents is 1. The average Bonchev–Trinajstić information content (AvgIpc) is 2.90. The van der Waals surface area contributed by atoms with Gasteiger partial charge in [-0.25, -0.2) is 9.78 Å². The van der Waals surface area contributed by atoms with Gasteiger partial charge in [0.15, 0.2) is 5.58 Å². The SMILES string of the molecule is O=C(O)c1ccc2nc(/C=C/c3ccc(O)c(Br)c3)oc2c1. The highest BCUT2D eigenvalue weighted by Gasteiger charge is 2.08. The summed E-state index contributed by atoms with van der Waals surface area (Å²) < 4.78 is 6.11. The third kappa shape index (κ3) is 2.87. The zero-order valence-electron chi connectivity index (χ0n) is 11.2. The molecular weight excluding hydrogens is 350 g/mol. The number of fused-ring (bicyclic) bond motifs is 1. The highest BCUT2D eigenvalue weighted by molar-refractivity contribution is 9.10. The lowest BCUT2D eigenvalue weighted by Gasteiger charge is -1.97. The number of aromatic hydroxyl groups is 1. The number of nitrogens with zero attached hydrogens (tertiary/aromatic N) is 1. The fourth-order valence-electron chi connectivity index (χ4n) is 1.94. The molecule has 3 rings (SSSR count). The van der Waals surface area contributed by atoms with E-state index >= 15 is 0 Å². The van der Waals surface area contributed by atoms with Crippen molar-refractivity contribution in [3.05, 3.63) is 57.9 Å². The van der Waals surface area contributed by atoms with E-state index in [4.69, 9.17) is 9.52 Å². The standard InChI is InChI=1S/C16H10BrNO4/c17-11-7-9(1-5-13(11)19)2-6-15-18-12-4-3-10(16(20)21)8-14(12)22-15/h1-8,19H,(H,20,21)/b6-2+. The van der Waals surface area contributed by atoms with Crippen LogP contribution in [0.5, 0.6) is 5.75 Å². The third-order valence-corrected chi connectivity index (χ3v) is 3.68. The Hall–Kier alpha value is -2.60. The molecule has 0 aliphatic carbocycles. The van der Waals surface area contributed by atoms with E-state index in [1.807, 2.05) is 0 Å². The van der Waals surface area contributed by atoms with Crippen molar-refractivity contribution in [1.82, 2.24) is 4.98 Å². The number of carbonyl (C=O) groups is 1. The van der Waals surface area contributed by atoms with Crippen molar-refractivity contribution in [3.8, 4) is 5.75 Å². The molecule has 0 spiro atoms. The van der Waals surface area contributed by atoms with Gasteiger partial charge in [0, 0.05) is 6.08 Å². The summed E-state index contributed by atoms with van der Waals surface area (Å²) in [6.45, 7) is 0. The second kappa shape index (κ2) is 5.65. The number of carboxylic acids is 1. The number of hydrogen-bond acceptors (Lipinski definition) is 4. The van der Waals surface area contributed by atoms with Crippen LogP contribution >= 0.6 is 15.9 Å². The summed E-state index contributed by atoms with van der Waals surface area (Å²) in [5.41, 5.74) is 2.03. The monoisotopic (exact) mass is 359 g/mol. The minimum absolute atomic E-state index is 0.154. The molecule has 0 atom stereocenters. The molecule has 0 saturated heterocycles. The van der Waals surface area contributed by atoms with Gasteiger partial charge in [0.25, 0.3) is 0 Å². The molecule has 0 aliphatic heterocycles. The molecule has 1 heterocycles. The number of phenols is 1. The van der Waals surface area contributed by atoms with E-state index in [0.717, 1.165) is 5.56 Å². The van der Waals surface area contributed by atoms with Crippen molar-refractivity contribution >= 4 is 45.2 Å². The molecule has 0 radical (unpaired) electrons. The zero-order chi connectivity index (χ0) is 15.7. The first-order valence-electron chi connectivity index (χ1n) is 6.33. The van der Waals surface area contributed by atoms with Crippen LogP contribution in [0.4, 0.5) is 0 Å². The van der Waals surface area contributed by atoms with Gasteiger partial charge >= 0.3 is 5.97 Å². The van der Waals surface area contributed by atoms with E-state index in [-0.39, 0.29) is 11.3 Å². The quantitative estimate of drug-likeness (QED) is 0.733. The minimum Gasteiger partial charge on any atom is -0.507 e. The molecular formula is C16H10BrNO4. The maximum atomic E-state index is 10.9. The zero-order valence-corrected chi connectivity index (χ0v) is 12.7. The van der Waals surface area contributed by atoms with Crippen molar-refractivity contribution in [3.63, 3.8) is 0 Å². The topological polar surface area (TPSA) is 83.6 Å². The van der Waals surface area contributed by atoms with Gasteiger partial charge in [0.1, 0.15) is 11.3 Å². The predicted molar refractivity (Wildman–Crippen MR) is 85.7 cm³/mol. The Bertz CT molecular complexity index is 898. The summed E-state index contributed by atoms with van der Waals surface area (Å²) >= 11 is 3.24. The van der Waals surface area contributed by atoms with Crippen molar-refractivity contribution in [2.45, 2.75) is 0 Å². The molecule has 0 unspecified atom stereocenters. The number of aromatic carboxylic acids is 1. The van der Waals surface area contributed by atoms with Crippen LogP contribution in [-0.4, -0.2) is 21.2 Å². The van der Waals surface area contributed by atoms with Crippen molar-refractivity contribution in [1.29, 1.82) is 0 Å². The lowest BCUT2D eigenvalue weighted by Crippen LogP contribution is -1.94. The summed E-state index contributed by atoms with van der Waals surface area (Å²) in [5, 5.41) is 18.4. The van der Waals surface area contributed by atoms with Crippen LogP contribution in [0.15, 0.2) is 45.3 Å². The molecule has 22 heavy (non-hydrogen) atoms. The number of benzene rings is 2. The molecule has 3 aromatic rings. The van der Waals surface area contributed by atoms with E-state index < -0.39 is 5.97 Å². The lowest BCUT2D eigenvalue weighted by molar-refractivity contribution is 0.0697. The smallest absolute Gasteiger partial charge is 0.335 e. The molecule has 0 fully saturated rings. The molecule has 1 aromatic heterocycles. The molecule has 2 N–H and O–H groups in total. The Morgan fingerprint density at radius 2 is 2.00 bits per heavy atom. The van der Waals surface area contributed by atoms with Crippen LogP contribution in [0.25, 0.3) is 23.3 Å². The van der Waals surface area contributed by atoms with Crippen LogP contribution < -0.4 is 0 Å². The van der Waals surface area contributed by atoms with Crippen LogP contribution in [0.3, 0.4) is 0 Å². The lowest BCUT2D eigenvalue weighted by atomic mass is 10.2. The second-order valence-corrected chi connectivity index (χ2v) is 5.44. The van der Waals surface area contributed by atoms with E-state index in [1.54, 1.807) is 36.4 Å². The molecule has 0 amide bonds.